The van der Waals surface area contributed by atoms with E-state index in [1.54, 1.807) is 12.1 Å². The second-order valence-corrected chi connectivity index (χ2v) is 4.24. The minimum Gasteiger partial charge on any atom is -0.455 e. The highest BCUT2D eigenvalue weighted by molar-refractivity contribution is 6.02. The van der Waals surface area contributed by atoms with Gasteiger partial charge in [0, 0.05) is 5.69 Å². The van der Waals surface area contributed by atoms with E-state index in [0.717, 1.165) is 16.8 Å². The molecule has 0 spiro atoms. The predicted molar refractivity (Wildman–Crippen MR) is 70.5 cm³/mol. The monoisotopic (exact) mass is 244 g/mol. The van der Waals surface area contributed by atoms with Gasteiger partial charge in [0.2, 0.25) is 0 Å². The molecular formula is C14H16N2O2. The molecule has 0 atom stereocenters. The van der Waals surface area contributed by atoms with Crippen LogP contribution in [0.15, 0.2) is 34.7 Å². The van der Waals surface area contributed by atoms with Gasteiger partial charge < -0.3 is 15.5 Å². The first kappa shape index (κ1) is 12.4. The molecule has 4 nitrogen and oxygen atoms in total. The number of aryl methyl sites for hydroxylation is 2. The van der Waals surface area contributed by atoms with Crippen molar-refractivity contribution in [3.05, 3.63) is 53.0 Å². The zero-order chi connectivity index (χ0) is 13.1. The maximum Gasteiger partial charge on any atom is 0.291 e. The van der Waals surface area contributed by atoms with E-state index in [9.17, 15) is 4.79 Å². The van der Waals surface area contributed by atoms with Crippen LogP contribution in [0.1, 0.15) is 27.4 Å². The van der Waals surface area contributed by atoms with Gasteiger partial charge in [0.15, 0.2) is 5.76 Å². The van der Waals surface area contributed by atoms with Crippen LogP contribution >= 0.6 is 0 Å². The van der Waals surface area contributed by atoms with E-state index in [2.05, 4.69) is 5.32 Å². The lowest BCUT2D eigenvalue weighted by molar-refractivity contribution is 0.0995. The minimum atomic E-state index is -0.262. The SMILES string of the molecule is Cc1ccc(NC(=O)c2ccc(CN)o2)c(C)c1. The molecule has 0 aliphatic rings. The molecule has 1 aromatic carbocycles. The number of benzene rings is 1. The molecule has 3 N–H and O–H groups in total. The molecule has 0 saturated heterocycles. The lowest BCUT2D eigenvalue weighted by Crippen LogP contribution is -2.12. The maximum absolute atomic E-state index is 11.9. The summed E-state index contributed by atoms with van der Waals surface area (Å²) in [7, 11) is 0. The van der Waals surface area contributed by atoms with Gasteiger partial charge in [-0.25, -0.2) is 0 Å². The van der Waals surface area contributed by atoms with Gasteiger partial charge >= 0.3 is 0 Å². The van der Waals surface area contributed by atoms with E-state index in [-0.39, 0.29) is 18.2 Å². The van der Waals surface area contributed by atoms with Crippen molar-refractivity contribution in [3.63, 3.8) is 0 Å². The highest BCUT2D eigenvalue weighted by Crippen LogP contribution is 2.17. The van der Waals surface area contributed by atoms with Gasteiger partial charge in [0.1, 0.15) is 5.76 Å². The summed E-state index contributed by atoms with van der Waals surface area (Å²) in [5, 5.41) is 2.82. The highest BCUT2D eigenvalue weighted by Gasteiger charge is 2.11. The van der Waals surface area contributed by atoms with Crippen LogP contribution in [0, 0.1) is 13.8 Å². The zero-order valence-electron chi connectivity index (χ0n) is 10.5. The van der Waals surface area contributed by atoms with Crippen molar-refractivity contribution in [2.45, 2.75) is 20.4 Å². The largest absolute Gasteiger partial charge is 0.455 e. The van der Waals surface area contributed by atoms with Gasteiger partial charge in [0.25, 0.3) is 5.91 Å². The Bertz CT molecular complexity index is 573. The summed E-state index contributed by atoms with van der Waals surface area (Å²) in [5.41, 5.74) is 8.40. The standard InChI is InChI=1S/C14H16N2O2/c1-9-3-5-12(10(2)7-9)16-14(17)13-6-4-11(8-15)18-13/h3-7H,8,15H2,1-2H3,(H,16,17). The molecule has 4 heteroatoms. The Balaban J connectivity index is 2.16. The van der Waals surface area contributed by atoms with Crippen molar-refractivity contribution in [2.24, 2.45) is 5.73 Å². The Morgan fingerprint density at radius 2 is 2.06 bits per heavy atom. The smallest absolute Gasteiger partial charge is 0.291 e. The maximum atomic E-state index is 11.9. The van der Waals surface area contributed by atoms with Crippen LogP contribution in [0.4, 0.5) is 5.69 Å². The third-order valence-corrected chi connectivity index (χ3v) is 2.72. The van der Waals surface area contributed by atoms with Crippen LogP contribution in [0.2, 0.25) is 0 Å². The quantitative estimate of drug-likeness (QED) is 0.872. The van der Waals surface area contributed by atoms with E-state index in [1.807, 2.05) is 32.0 Å². The summed E-state index contributed by atoms with van der Waals surface area (Å²) in [5.74, 6) is 0.609. The second-order valence-electron chi connectivity index (χ2n) is 4.24. The van der Waals surface area contributed by atoms with E-state index < -0.39 is 0 Å². The van der Waals surface area contributed by atoms with E-state index >= 15 is 0 Å². The van der Waals surface area contributed by atoms with Crippen LogP contribution < -0.4 is 11.1 Å². The fourth-order valence-corrected chi connectivity index (χ4v) is 1.75. The molecule has 1 amide bonds. The number of anilines is 1. The molecule has 1 heterocycles. The summed E-state index contributed by atoms with van der Waals surface area (Å²) in [4.78, 5) is 11.9. The molecule has 0 aliphatic carbocycles. The van der Waals surface area contributed by atoms with Crippen LogP contribution in [-0.2, 0) is 6.54 Å². The number of nitrogens with two attached hydrogens (primary N) is 1. The number of furan rings is 1. The topological polar surface area (TPSA) is 68.3 Å². The van der Waals surface area contributed by atoms with Crippen molar-refractivity contribution in [2.75, 3.05) is 5.32 Å². The third-order valence-electron chi connectivity index (χ3n) is 2.72. The van der Waals surface area contributed by atoms with Crippen molar-refractivity contribution in [3.8, 4) is 0 Å². The van der Waals surface area contributed by atoms with Gasteiger partial charge in [-0.15, -0.1) is 0 Å². The molecular weight excluding hydrogens is 228 g/mol. The van der Waals surface area contributed by atoms with E-state index in [4.69, 9.17) is 10.2 Å². The number of nitrogens with one attached hydrogen (secondary N) is 1. The molecule has 94 valence electrons. The van der Waals surface area contributed by atoms with Crippen molar-refractivity contribution < 1.29 is 9.21 Å². The van der Waals surface area contributed by atoms with Crippen molar-refractivity contribution in [1.29, 1.82) is 0 Å². The predicted octanol–water partition coefficient (Wildman–Crippen LogP) is 2.61. The fraction of sp³-hybridized carbons (Fsp3) is 0.214. The first-order valence-corrected chi connectivity index (χ1v) is 5.77. The molecule has 0 aliphatic heterocycles. The van der Waals surface area contributed by atoms with Crippen LogP contribution in [0.5, 0.6) is 0 Å². The lowest BCUT2D eigenvalue weighted by Gasteiger charge is -2.07. The number of hydrogen-bond donors (Lipinski definition) is 2. The molecule has 2 aromatic rings. The number of carbonyl (C=O) groups is 1. The van der Waals surface area contributed by atoms with E-state index in [0.29, 0.717) is 5.76 Å². The first-order chi connectivity index (χ1) is 8.60. The Labute approximate surface area is 106 Å². The fourth-order valence-electron chi connectivity index (χ4n) is 1.75. The summed E-state index contributed by atoms with van der Waals surface area (Å²) < 4.78 is 5.29. The lowest BCUT2D eigenvalue weighted by atomic mass is 10.1. The van der Waals surface area contributed by atoms with Crippen LogP contribution in [0.3, 0.4) is 0 Å². The molecule has 2 rings (SSSR count). The Morgan fingerprint density at radius 3 is 2.67 bits per heavy atom. The molecule has 18 heavy (non-hydrogen) atoms. The number of amides is 1. The number of carbonyl (C=O) groups excluding carboxylic acids is 1. The molecule has 0 fully saturated rings. The average Bonchev–Trinajstić information content (AvgIpc) is 2.81. The summed E-state index contributed by atoms with van der Waals surface area (Å²) >= 11 is 0. The highest BCUT2D eigenvalue weighted by atomic mass is 16.4. The van der Waals surface area contributed by atoms with Gasteiger partial charge in [-0.2, -0.15) is 0 Å². The summed E-state index contributed by atoms with van der Waals surface area (Å²) in [6, 6.07) is 9.19. The number of hydrogen-bond acceptors (Lipinski definition) is 3. The van der Waals surface area contributed by atoms with Crippen LogP contribution in [0.25, 0.3) is 0 Å². The molecule has 0 radical (unpaired) electrons. The minimum absolute atomic E-state index is 0.262. The molecule has 0 saturated carbocycles. The Morgan fingerprint density at radius 1 is 1.28 bits per heavy atom. The Kier molecular flexibility index (Phi) is 3.48. The van der Waals surface area contributed by atoms with Gasteiger partial charge in [-0.05, 0) is 37.6 Å². The van der Waals surface area contributed by atoms with Crippen LogP contribution in [-0.4, -0.2) is 5.91 Å². The first-order valence-electron chi connectivity index (χ1n) is 5.77. The Hall–Kier alpha value is -2.07. The van der Waals surface area contributed by atoms with Gasteiger partial charge in [0.05, 0.1) is 6.54 Å². The normalized spacial score (nSPS) is 10.4. The molecule has 0 unspecified atom stereocenters. The van der Waals surface area contributed by atoms with Crippen molar-refractivity contribution in [1.82, 2.24) is 0 Å². The van der Waals surface area contributed by atoms with Gasteiger partial charge in [-0.3, -0.25) is 4.79 Å². The average molecular weight is 244 g/mol. The molecule has 0 bridgehead atoms. The van der Waals surface area contributed by atoms with Gasteiger partial charge in [-0.1, -0.05) is 17.7 Å². The molecule has 1 aromatic heterocycles. The van der Waals surface area contributed by atoms with E-state index in [1.165, 1.54) is 0 Å². The number of rotatable bonds is 3. The summed E-state index contributed by atoms with van der Waals surface area (Å²) in [6.07, 6.45) is 0. The second kappa shape index (κ2) is 5.06. The van der Waals surface area contributed by atoms with Crippen molar-refractivity contribution >= 4 is 11.6 Å². The zero-order valence-corrected chi connectivity index (χ0v) is 10.5. The summed E-state index contributed by atoms with van der Waals surface area (Å²) in [6.45, 7) is 4.26. The third kappa shape index (κ3) is 2.60.